The lowest BCUT2D eigenvalue weighted by atomic mass is 10.1. The minimum absolute atomic E-state index is 0.222. The molecule has 18 heavy (non-hydrogen) atoms. The number of hydrogen-bond donors (Lipinski definition) is 1. The largest absolute Gasteiger partial charge is 0.464 e. The molecule has 96 valence electrons. The predicted octanol–water partition coefficient (Wildman–Crippen LogP) is 3.13. The Labute approximate surface area is 108 Å². The van der Waals surface area contributed by atoms with E-state index in [1.54, 1.807) is 6.20 Å². The number of nitrogens with one attached hydrogen (secondary N) is 1. The zero-order chi connectivity index (χ0) is 12.8. The van der Waals surface area contributed by atoms with Gasteiger partial charge < -0.3 is 9.73 Å². The zero-order valence-electron chi connectivity index (χ0n) is 11.0. The molecule has 1 atom stereocenters. The van der Waals surface area contributed by atoms with Crippen molar-refractivity contribution >= 4 is 0 Å². The molecule has 0 amide bonds. The Morgan fingerprint density at radius 3 is 2.78 bits per heavy atom. The summed E-state index contributed by atoms with van der Waals surface area (Å²) < 4.78 is 5.84. The summed E-state index contributed by atoms with van der Waals surface area (Å²) in [5, 5.41) is 3.46. The molecule has 2 aromatic rings. The first-order valence-electron chi connectivity index (χ1n) is 6.54. The Bertz CT molecular complexity index is 464. The third-order valence-corrected chi connectivity index (χ3v) is 2.99. The minimum Gasteiger partial charge on any atom is -0.464 e. The molecule has 1 unspecified atom stereocenters. The maximum Gasteiger partial charge on any atom is 0.121 e. The van der Waals surface area contributed by atoms with Crippen LogP contribution in [0.25, 0.3) is 0 Å². The number of pyridine rings is 1. The van der Waals surface area contributed by atoms with Crippen LogP contribution >= 0.6 is 0 Å². The Hall–Kier alpha value is -1.61. The molecule has 3 nitrogen and oxygen atoms in total. The summed E-state index contributed by atoms with van der Waals surface area (Å²) in [6.45, 7) is 5.14. The standard InChI is InChI=1S/C15H20N2O/c1-3-13-7-8-15(18-13)14(17-4-2)10-12-6-5-9-16-11-12/h5-9,11,14,17H,3-4,10H2,1-2H3. The molecule has 0 aliphatic rings. The Morgan fingerprint density at radius 2 is 2.17 bits per heavy atom. The molecule has 0 spiro atoms. The van der Waals surface area contributed by atoms with E-state index >= 15 is 0 Å². The van der Waals surface area contributed by atoms with Crippen LogP contribution in [0.2, 0.25) is 0 Å². The van der Waals surface area contributed by atoms with E-state index in [-0.39, 0.29) is 6.04 Å². The third-order valence-electron chi connectivity index (χ3n) is 2.99. The first-order chi connectivity index (χ1) is 8.83. The lowest BCUT2D eigenvalue weighted by Gasteiger charge is -2.15. The van der Waals surface area contributed by atoms with Crippen LogP contribution in [0.3, 0.4) is 0 Å². The van der Waals surface area contributed by atoms with Gasteiger partial charge in [0.05, 0.1) is 6.04 Å². The Balaban J connectivity index is 2.12. The molecular weight excluding hydrogens is 224 g/mol. The molecule has 0 saturated carbocycles. The first kappa shape index (κ1) is 12.8. The highest BCUT2D eigenvalue weighted by atomic mass is 16.3. The fourth-order valence-corrected chi connectivity index (χ4v) is 2.05. The topological polar surface area (TPSA) is 38.1 Å². The van der Waals surface area contributed by atoms with Crippen LogP contribution in [0.15, 0.2) is 41.1 Å². The second-order valence-corrected chi connectivity index (χ2v) is 4.33. The second-order valence-electron chi connectivity index (χ2n) is 4.33. The second kappa shape index (κ2) is 6.36. The molecule has 1 N–H and O–H groups in total. The third kappa shape index (κ3) is 3.20. The van der Waals surface area contributed by atoms with Crippen molar-refractivity contribution in [2.75, 3.05) is 6.54 Å². The van der Waals surface area contributed by atoms with E-state index in [1.807, 2.05) is 12.3 Å². The van der Waals surface area contributed by atoms with Crippen molar-refractivity contribution in [3.05, 3.63) is 53.7 Å². The number of aryl methyl sites for hydroxylation is 1. The molecule has 2 aromatic heterocycles. The lowest BCUT2D eigenvalue weighted by molar-refractivity contribution is 0.396. The average Bonchev–Trinajstić information content (AvgIpc) is 2.88. The van der Waals surface area contributed by atoms with Crippen molar-refractivity contribution in [3.63, 3.8) is 0 Å². The van der Waals surface area contributed by atoms with Crippen molar-refractivity contribution in [3.8, 4) is 0 Å². The molecular formula is C15H20N2O. The fourth-order valence-electron chi connectivity index (χ4n) is 2.05. The van der Waals surface area contributed by atoms with Gasteiger partial charge in [0.25, 0.3) is 0 Å². The van der Waals surface area contributed by atoms with Crippen molar-refractivity contribution in [1.29, 1.82) is 0 Å². The van der Waals surface area contributed by atoms with Crippen LogP contribution in [0.5, 0.6) is 0 Å². The Morgan fingerprint density at radius 1 is 1.28 bits per heavy atom. The predicted molar refractivity (Wildman–Crippen MR) is 72.4 cm³/mol. The van der Waals surface area contributed by atoms with Gasteiger partial charge in [0.15, 0.2) is 0 Å². The van der Waals surface area contributed by atoms with E-state index in [1.165, 1.54) is 5.56 Å². The maximum absolute atomic E-state index is 5.84. The highest BCUT2D eigenvalue weighted by Gasteiger charge is 2.15. The highest BCUT2D eigenvalue weighted by molar-refractivity contribution is 5.16. The van der Waals surface area contributed by atoms with Crippen LogP contribution in [0.1, 0.15) is 37.0 Å². The SMILES string of the molecule is CCNC(Cc1cccnc1)c1ccc(CC)o1. The van der Waals surface area contributed by atoms with E-state index in [0.29, 0.717) is 0 Å². The molecule has 0 radical (unpaired) electrons. The van der Waals surface area contributed by atoms with Gasteiger partial charge in [0.1, 0.15) is 11.5 Å². The number of likely N-dealkylation sites (N-methyl/N-ethyl adjacent to an activating group) is 1. The van der Waals surface area contributed by atoms with Gasteiger partial charge >= 0.3 is 0 Å². The summed E-state index contributed by atoms with van der Waals surface area (Å²) in [4.78, 5) is 4.15. The van der Waals surface area contributed by atoms with Crippen LogP contribution in [-0.4, -0.2) is 11.5 Å². The van der Waals surface area contributed by atoms with Gasteiger partial charge in [-0.15, -0.1) is 0 Å². The smallest absolute Gasteiger partial charge is 0.121 e. The number of hydrogen-bond acceptors (Lipinski definition) is 3. The summed E-state index contributed by atoms with van der Waals surface area (Å²) in [6.07, 6.45) is 5.55. The lowest BCUT2D eigenvalue weighted by Crippen LogP contribution is -2.22. The molecule has 0 saturated heterocycles. The summed E-state index contributed by atoms with van der Waals surface area (Å²) in [6, 6.07) is 8.42. The normalized spacial score (nSPS) is 12.6. The number of aromatic nitrogens is 1. The number of furan rings is 1. The molecule has 2 rings (SSSR count). The average molecular weight is 244 g/mol. The summed E-state index contributed by atoms with van der Waals surface area (Å²) in [7, 11) is 0. The van der Waals surface area contributed by atoms with Gasteiger partial charge in [-0.1, -0.05) is 19.9 Å². The van der Waals surface area contributed by atoms with Crippen LogP contribution in [0, 0.1) is 0 Å². The van der Waals surface area contributed by atoms with E-state index < -0.39 is 0 Å². The maximum atomic E-state index is 5.84. The number of rotatable bonds is 6. The van der Waals surface area contributed by atoms with Gasteiger partial charge in [0, 0.05) is 18.8 Å². The quantitative estimate of drug-likeness (QED) is 0.848. The molecule has 2 heterocycles. The fraction of sp³-hybridized carbons (Fsp3) is 0.400. The van der Waals surface area contributed by atoms with Crippen molar-refractivity contribution in [2.45, 2.75) is 32.7 Å². The molecule has 0 aromatic carbocycles. The van der Waals surface area contributed by atoms with E-state index in [4.69, 9.17) is 4.42 Å². The summed E-state index contributed by atoms with van der Waals surface area (Å²) in [5.41, 5.74) is 1.22. The summed E-state index contributed by atoms with van der Waals surface area (Å²) >= 11 is 0. The van der Waals surface area contributed by atoms with Crippen molar-refractivity contribution < 1.29 is 4.42 Å². The van der Waals surface area contributed by atoms with E-state index in [9.17, 15) is 0 Å². The minimum atomic E-state index is 0.222. The molecule has 3 heteroatoms. The van der Waals surface area contributed by atoms with Gasteiger partial charge in [-0.2, -0.15) is 0 Å². The Kier molecular flexibility index (Phi) is 4.53. The highest BCUT2D eigenvalue weighted by Crippen LogP contribution is 2.20. The monoisotopic (exact) mass is 244 g/mol. The summed E-state index contributed by atoms with van der Waals surface area (Å²) in [5.74, 6) is 2.05. The molecule has 0 aliphatic heterocycles. The van der Waals surface area contributed by atoms with Gasteiger partial charge in [-0.05, 0) is 36.7 Å². The number of nitrogens with zero attached hydrogens (tertiary/aromatic N) is 1. The van der Waals surface area contributed by atoms with Crippen LogP contribution in [0.4, 0.5) is 0 Å². The van der Waals surface area contributed by atoms with E-state index in [2.05, 4.69) is 42.3 Å². The van der Waals surface area contributed by atoms with Crippen molar-refractivity contribution in [2.24, 2.45) is 0 Å². The first-order valence-corrected chi connectivity index (χ1v) is 6.54. The van der Waals surface area contributed by atoms with Crippen molar-refractivity contribution in [1.82, 2.24) is 10.3 Å². The zero-order valence-corrected chi connectivity index (χ0v) is 11.0. The van der Waals surface area contributed by atoms with E-state index in [0.717, 1.165) is 30.9 Å². The van der Waals surface area contributed by atoms with Gasteiger partial charge in [-0.3, -0.25) is 4.98 Å². The molecule has 0 bridgehead atoms. The van der Waals surface area contributed by atoms with Gasteiger partial charge in [-0.25, -0.2) is 0 Å². The van der Waals surface area contributed by atoms with Crippen LogP contribution in [-0.2, 0) is 12.8 Å². The van der Waals surface area contributed by atoms with Gasteiger partial charge in [0.2, 0.25) is 0 Å². The molecule has 0 aliphatic carbocycles. The molecule has 0 fully saturated rings. The van der Waals surface area contributed by atoms with Crippen LogP contribution < -0.4 is 5.32 Å².